The van der Waals surface area contributed by atoms with Gasteiger partial charge in [-0.05, 0) is 24.1 Å². The van der Waals surface area contributed by atoms with Gasteiger partial charge in [-0.3, -0.25) is 0 Å². The minimum Gasteiger partial charge on any atom is -0.224 e. The van der Waals surface area contributed by atoms with Gasteiger partial charge in [0.1, 0.15) is 0 Å². The van der Waals surface area contributed by atoms with Gasteiger partial charge >= 0.3 is 0 Å². The first-order valence-corrected chi connectivity index (χ1v) is 6.94. The predicted octanol–water partition coefficient (Wildman–Crippen LogP) is 2.33. The van der Waals surface area contributed by atoms with Crippen LogP contribution >= 0.6 is 0 Å². The Bertz CT molecular complexity index is 469. The van der Waals surface area contributed by atoms with Crippen LogP contribution in [0.3, 0.4) is 0 Å². The van der Waals surface area contributed by atoms with Crippen LogP contribution in [0.25, 0.3) is 0 Å². The monoisotopic (exact) mass is 237 g/mol. The number of hydrogen-bond acceptors (Lipinski definition) is 3. The number of sulfone groups is 1. The summed E-state index contributed by atoms with van der Waals surface area (Å²) < 4.78 is 23.4. The summed E-state index contributed by atoms with van der Waals surface area (Å²) in [5.74, 6) is -0.101. The molecule has 0 N–H and O–H groups in total. The molecule has 1 rings (SSSR count). The van der Waals surface area contributed by atoms with Gasteiger partial charge in [-0.25, -0.2) is 8.42 Å². The molecule has 0 saturated carbocycles. The molecule has 0 heterocycles. The molecule has 0 unspecified atom stereocenters. The molecule has 0 radical (unpaired) electrons. The van der Waals surface area contributed by atoms with E-state index < -0.39 is 9.84 Å². The van der Waals surface area contributed by atoms with Crippen molar-refractivity contribution < 1.29 is 8.42 Å². The summed E-state index contributed by atoms with van der Waals surface area (Å²) in [6.07, 6.45) is 2.04. The van der Waals surface area contributed by atoms with Crippen molar-refractivity contribution in [3.8, 4) is 6.07 Å². The van der Waals surface area contributed by atoms with Gasteiger partial charge < -0.3 is 0 Å². The minimum atomic E-state index is -3.28. The fraction of sp³-hybridized carbons (Fsp3) is 0.417. The third kappa shape index (κ3) is 3.35. The van der Waals surface area contributed by atoms with Crippen LogP contribution in [-0.2, 0) is 16.3 Å². The standard InChI is InChI=1S/C12H15NO2S/c1-2-4-11-5-7-12(8-6-11)16(14,15)10-3-9-13/h5-8H,2-4,10H2,1H3. The molecule has 0 aliphatic rings. The van der Waals surface area contributed by atoms with Crippen LogP contribution < -0.4 is 0 Å². The van der Waals surface area contributed by atoms with Crippen molar-refractivity contribution in [1.29, 1.82) is 5.26 Å². The molecule has 0 atom stereocenters. The SMILES string of the molecule is CCCc1ccc(S(=O)(=O)CCC#N)cc1. The number of nitrogens with zero attached hydrogens (tertiary/aromatic N) is 1. The Kier molecular flexibility index (Phi) is 4.51. The van der Waals surface area contributed by atoms with Crippen molar-refractivity contribution in [2.45, 2.75) is 31.1 Å². The van der Waals surface area contributed by atoms with E-state index in [4.69, 9.17) is 5.26 Å². The number of rotatable bonds is 5. The third-order valence-electron chi connectivity index (χ3n) is 2.30. The molecule has 1 aromatic rings. The summed E-state index contributed by atoms with van der Waals surface area (Å²) in [4.78, 5) is 0.308. The van der Waals surface area contributed by atoms with Crippen LogP contribution in [0.5, 0.6) is 0 Å². The van der Waals surface area contributed by atoms with E-state index in [1.54, 1.807) is 12.1 Å². The van der Waals surface area contributed by atoms with Crippen molar-refractivity contribution in [2.24, 2.45) is 0 Å². The summed E-state index contributed by atoms with van der Waals surface area (Å²) in [5.41, 5.74) is 1.14. The molecule has 0 amide bonds. The Morgan fingerprint density at radius 2 is 1.88 bits per heavy atom. The van der Waals surface area contributed by atoms with Crippen molar-refractivity contribution in [1.82, 2.24) is 0 Å². The molecule has 0 spiro atoms. The normalized spacial score (nSPS) is 11.0. The average Bonchev–Trinajstić information content (AvgIpc) is 2.28. The molecule has 0 aromatic heterocycles. The van der Waals surface area contributed by atoms with Crippen molar-refractivity contribution in [2.75, 3.05) is 5.75 Å². The smallest absolute Gasteiger partial charge is 0.179 e. The Labute approximate surface area is 96.6 Å². The summed E-state index contributed by atoms with van der Waals surface area (Å²) in [7, 11) is -3.28. The largest absolute Gasteiger partial charge is 0.224 e. The summed E-state index contributed by atoms with van der Waals surface area (Å²) in [6.45, 7) is 2.08. The van der Waals surface area contributed by atoms with Crippen LogP contribution in [0.2, 0.25) is 0 Å². The maximum absolute atomic E-state index is 11.7. The number of aryl methyl sites for hydroxylation is 1. The van der Waals surface area contributed by atoms with Gasteiger partial charge in [-0.2, -0.15) is 5.26 Å². The molecular formula is C12H15NO2S. The van der Waals surface area contributed by atoms with Crippen LogP contribution in [-0.4, -0.2) is 14.2 Å². The Morgan fingerprint density at radius 1 is 1.25 bits per heavy atom. The van der Waals surface area contributed by atoms with Gasteiger partial charge in [0.05, 0.1) is 16.7 Å². The van der Waals surface area contributed by atoms with Crippen molar-refractivity contribution in [3.05, 3.63) is 29.8 Å². The molecule has 86 valence electrons. The second kappa shape index (κ2) is 5.66. The van der Waals surface area contributed by atoms with Gasteiger partial charge in [-0.15, -0.1) is 0 Å². The van der Waals surface area contributed by atoms with Crippen LogP contribution in [0.1, 0.15) is 25.3 Å². The zero-order valence-corrected chi connectivity index (χ0v) is 10.1. The molecule has 16 heavy (non-hydrogen) atoms. The summed E-state index contributed by atoms with van der Waals surface area (Å²) in [5, 5.41) is 8.38. The number of nitriles is 1. The maximum Gasteiger partial charge on any atom is 0.179 e. The average molecular weight is 237 g/mol. The van der Waals surface area contributed by atoms with Gasteiger partial charge in [0.2, 0.25) is 0 Å². The van der Waals surface area contributed by atoms with Crippen molar-refractivity contribution in [3.63, 3.8) is 0 Å². The van der Waals surface area contributed by atoms with E-state index >= 15 is 0 Å². The minimum absolute atomic E-state index is 0.0407. The van der Waals surface area contributed by atoms with E-state index in [0.29, 0.717) is 4.90 Å². The Hall–Kier alpha value is -1.34. The van der Waals surface area contributed by atoms with Gasteiger partial charge in [0.25, 0.3) is 0 Å². The highest BCUT2D eigenvalue weighted by molar-refractivity contribution is 7.91. The van der Waals surface area contributed by atoms with Crippen LogP contribution in [0.4, 0.5) is 0 Å². The van der Waals surface area contributed by atoms with Gasteiger partial charge in [-0.1, -0.05) is 25.5 Å². The topological polar surface area (TPSA) is 57.9 Å². The highest BCUT2D eigenvalue weighted by Gasteiger charge is 2.13. The lowest BCUT2D eigenvalue weighted by molar-refractivity contribution is 0.596. The zero-order valence-electron chi connectivity index (χ0n) is 9.31. The van der Waals surface area contributed by atoms with Gasteiger partial charge in [0, 0.05) is 6.42 Å². The maximum atomic E-state index is 11.7. The van der Waals surface area contributed by atoms with E-state index in [0.717, 1.165) is 18.4 Å². The zero-order chi connectivity index (χ0) is 12.0. The first-order chi connectivity index (χ1) is 7.60. The predicted molar refractivity (Wildman–Crippen MR) is 62.7 cm³/mol. The molecule has 4 heteroatoms. The highest BCUT2D eigenvalue weighted by Crippen LogP contribution is 2.14. The molecule has 0 aliphatic heterocycles. The number of hydrogen-bond donors (Lipinski definition) is 0. The third-order valence-corrected chi connectivity index (χ3v) is 4.04. The molecule has 1 aromatic carbocycles. The van der Waals surface area contributed by atoms with Crippen molar-refractivity contribution >= 4 is 9.84 Å². The summed E-state index contributed by atoms with van der Waals surface area (Å²) in [6, 6.07) is 8.76. The second-order valence-electron chi connectivity index (χ2n) is 3.62. The van der Waals surface area contributed by atoms with E-state index in [-0.39, 0.29) is 12.2 Å². The molecule has 0 aliphatic carbocycles. The molecule has 0 saturated heterocycles. The first kappa shape index (κ1) is 12.7. The molecule has 3 nitrogen and oxygen atoms in total. The lowest BCUT2D eigenvalue weighted by Crippen LogP contribution is -2.06. The first-order valence-electron chi connectivity index (χ1n) is 5.29. The van der Waals surface area contributed by atoms with Gasteiger partial charge in [0.15, 0.2) is 9.84 Å². The van der Waals surface area contributed by atoms with Crippen LogP contribution in [0.15, 0.2) is 29.2 Å². The lowest BCUT2D eigenvalue weighted by atomic mass is 10.1. The fourth-order valence-electron chi connectivity index (χ4n) is 1.45. The van der Waals surface area contributed by atoms with E-state index in [1.807, 2.05) is 18.2 Å². The van der Waals surface area contributed by atoms with E-state index in [1.165, 1.54) is 0 Å². The number of benzene rings is 1. The lowest BCUT2D eigenvalue weighted by Gasteiger charge is -2.03. The second-order valence-corrected chi connectivity index (χ2v) is 5.73. The van der Waals surface area contributed by atoms with Crippen LogP contribution in [0, 0.1) is 11.3 Å². The Morgan fingerprint density at radius 3 is 2.38 bits per heavy atom. The molecule has 0 fully saturated rings. The molecular weight excluding hydrogens is 222 g/mol. The highest BCUT2D eigenvalue weighted by atomic mass is 32.2. The fourth-order valence-corrected chi connectivity index (χ4v) is 2.60. The molecule has 0 bridgehead atoms. The van der Waals surface area contributed by atoms with E-state index in [9.17, 15) is 8.42 Å². The van der Waals surface area contributed by atoms with E-state index in [2.05, 4.69) is 6.92 Å². The quantitative estimate of drug-likeness (QED) is 0.789. The summed E-state index contributed by atoms with van der Waals surface area (Å²) >= 11 is 0. The Balaban J connectivity index is 2.85.